The largest absolute Gasteiger partial charge is 0.459 e. The lowest BCUT2D eigenvalue weighted by molar-refractivity contribution is 0.0320. The summed E-state index contributed by atoms with van der Waals surface area (Å²) in [6.45, 7) is 1.52. The molecular formula is C23H18N2O5. The van der Waals surface area contributed by atoms with Crippen molar-refractivity contribution in [1.29, 1.82) is 0 Å². The summed E-state index contributed by atoms with van der Waals surface area (Å²) >= 11 is 0. The summed E-state index contributed by atoms with van der Waals surface area (Å²) in [6.07, 6.45) is 1.98. The number of fused-ring (bicyclic) bond motifs is 1. The van der Waals surface area contributed by atoms with Gasteiger partial charge in [-0.15, -0.1) is 0 Å². The first-order valence-electron chi connectivity index (χ1n) is 9.30. The quantitative estimate of drug-likeness (QED) is 0.367. The molecule has 2 aromatic heterocycles. The van der Waals surface area contributed by atoms with Crippen molar-refractivity contribution in [3.8, 4) is 0 Å². The monoisotopic (exact) mass is 402 g/mol. The van der Waals surface area contributed by atoms with Gasteiger partial charge in [-0.2, -0.15) is 0 Å². The Labute approximate surface area is 171 Å². The number of para-hydroxylation sites is 2. The third-order valence-electron chi connectivity index (χ3n) is 4.65. The van der Waals surface area contributed by atoms with Crippen LogP contribution in [-0.4, -0.2) is 28.7 Å². The molecule has 150 valence electrons. The summed E-state index contributed by atoms with van der Waals surface area (Å²) < 4.78 is 10.5. The molecule has 1 atom stereocenters. The molecule has 0 radical (unpaired) electrons. The van der Waals surface area contributed by atoms with E-state index < -0.39 is 18.0 Å². The minimum absolute atomic E-state index is 0.112. The van der Waals surface area contributed by atoms with Gasteiger partial charge in [0.2, 0.25) is 5.78 Å². The molecule has 30 heavy (non-hydrogen) atoms. The summed E-state index contributed by atoms with van der Waals surface area (Å²) in [5.74, 6) is -1.42. The van der Waals surface area contributed by atoms with Crippen molar-refractivity contribution in [2.45, 2.75) is 13.0 Å². The number of amides is 1. The molecule has 4 aromatic rings. The third kappa shape index (κ3) is 3.73. The van der Waals surface area contributed by atoms with E-state index in [0.717, 1.165) is 10.9 Å². The van der Waals surface area contributed by atoms with Crippen molar-refractivity contribution in [2.75, 3.05) is 5.32 Å². The fourth-order valence-electron chi connectivity index (χ4n) is 3.13. The summed E-state index contributed by atoms with van der Waals surface area (Å²) in [6, 6.07) is 16.9. The summed E-state index contributed by atoms with van der Waals surface area (Å²) in [5.41, 5.74) is 1.67. The second-order valence-electron chi connectivity index (χ2n) is 6.64. The van der Waals surface area contributed by atoms with Crippen molar-refractivity contribution in [1.82, 2.24) is 4.98 Å². The van der Waals surface area contributed by atoms with Crippen LogP contribution in [0.3, 0.4) is 0 Å². The number of nitrogens with one attached hydrogen (secondary N) is 2. The van der Waals surface area contributed by atoms with Crippen LogP contribution in [0.25, 0.3) is 10.9 Å². The number of rotatable bonds is 6. The molecule has 0 aliphatic rings. The van der Waals surface area contributed by atoms with Gasteiger partial charge in [-0.3, -0.25) is 9.59 Å². The van der Waals surface area contributed by atoms with E-state index in [2.05, 4.69) is 10.3 Å². The molecule has 0 bridgehead atoms. The van der Waals surface area contributed by atoms with Crippen LogP contribution in [-0.2, 0) is 4.74 Å². The zero-order chi connectivity index (χ0) is 21.1. The smallest absolute Gasteiger partial charge is 0.340 e. The number of ether oxygens (including phenoxy) is 1. The van der Waals surface area contributed by atoms with E-state index >= 15 is 0 Å². The third-order valence-corrected chi connectivity index (χ3v) is 4.65. The topological polar surface area (TPSA) is 101 Å². The minimum atomic E-state index is -1.01. The molecule has 1 amide bonds. The fourth-order valence-corrected chi connectivity index (χ4v) is 3.13. The molecule has 7 heteroatoms. The van der Waals surface area contributed by atoms with Crippen LogP contribution in [0.15, 0.2) is 77.5 Å². The zero-order valence-electron chi connectivity index (χ0n) is 16.0. The van der Waals surface area contributed by atoms with E-state index in [-0.39, 0.29) is 22.8 Å². The minimum Gasteiger partial charge on any atom is -0.459 e. The number of ketones is 1. The van der Waals surface area contributed by atoms with E-state index in [1.165, 1.54) is 25.3 Å². The lowest BCUT2D eigenvalue weighted by atomic mass is 10.1. The van der Waals surface area contributed by atoms with Crippen LogP contribution < -0.4 is 5.32 Å². The van der Waals surface area contributed by atoms with E-state index in [9.17, 15) is 14.4 Å². The van der Waals surface area contributed by atoms with E-state index in [0.29, 0.717) is 5.56 Å². The number of benzene rings is 2. The lowest BCUT2D eigenvalue weighted by Crippen LogP contribution is -2.25. The molecule has 2 heterocycles. The number of furan rings is 1. The number of anilines is 1. The van der Waals surface area contributed by atoms with Gasteiger partial charge in [0.15, 0.2) is 11.9 Å². The van der Waals surface area contributed by atoms with Crippen LogP contribution in [0, 0.1) is 0 Å². The maximum Gasteiger partial charge on any atom is 0.340 e. The number of esters is 1. The van der Waals surface area contributed by atoms with Crippen molar-refractivity contribution in [3.05, 3.63) is 90.0 Å². The Balaban J connectivity index is 1.51. The molecule has 0 saturated carbocycles. The van der Waals surface area contributed by atoms with Crippen LogP contribution >= 0.6 is 0 Å². The maximum absolute atomic E-state index is 12.8. The lowest BCUT2D eigenvalue weighted by Gasteiger charge is -2.14. The SMILES string of the molecule is C[C@H](OC(=O)c1ccccc1NC(=O)c1ccco1)C(=O)c1c[nH]c2ccccc12. The first-order valence-corrected chi connectivity index (χ1v) is 9.30. The molecule has 0 fully saturated rings. The van der Waals surface area contributed by atoms with Gasteiger partial charge in [0.05, 0.1) is 17.5 Å². The maximum atomic E-state index is 12.8. The molecule has 0 saturated heterocycles. The van der Waals surface area contributed by atoms with Crippen molar-refractivity contribution >= 4 is 34.3 Å². The highest BCUT2D eigenvalue weighted by atomic mass is 16.5. The predicted molar refractivity (Wildman–Crippen MR) is 111 cm³/mol. The van der Waals surface area contributed by atoms with Gasteiger partial charge < -0.3 is 19.5 Å². The van der Waals surface area contributed by atoms with Crippen molar-refractivity contribution in [3.63, 3.8) is 0 Å². The Hall–Kier alpha value is -4.13. The van der Waals surface area contributed by atoms with E-state index in [1.807, 2.05) is 24.3 Å². The van der Waals surface area contributed by atoms with Crippen LogP contribution in [0.4, 0.5) is 5.69 Å². The Kier molecular flexibility index (Phi) is 5.17. The Morgan fingerprint density at radius 3 is 2.53 bits per heavy atom. The molecule has 7 nitrogen and oxygen atoms in total. The number of H-pyrrole nitrogens is 1. The summed E-state index contributed by atoms with van der Waals surface area (Å²) in [4.78, 5) is 40.8. The average Bonchev–Trinajstić information content (AvgIpc) is 3.43. The Bertz CT molecular complexity index is 1220. The molecule has 2 N–H and O–H groups in total. The van der Waals surface area contributed by atoms with Gasteiger partial charge in [-0.1, -0.05) is 30.3 Å². The van der Waals surface area contributed by atoms with Crippen LogP contribution in [0.1, 0.15) is 38.2 Å². The van der Waals surface area contributed by atoms with Gasteiger partial charge in [0, 0.05) is 22.7 Å². The normalized spacial score (nSPS) is 11.8. The predicted octanol–water partition coefficient (Wildman–Crippen LogP) is 4.44. The van der Waals surface area contributed by atoms with Gasteiger partial charge in [0.25, 0.3) is 5.91 Å². The summed E-state index contributed by atoms with van der Waals surface area (Å²) in [5, 5.41) is 3.39. The van der Waals surface area contributed by atoms with Gasteiger partial charge in [-0.25, -0.2) is 4.79 Å². The van der Waals surface area contributed by atoms with Gasteiger partial charge in [0.1, 0.15) is 0 Å². The first kappa shape index (κ1) is 19.2. The second kappa shape index (κ2) is 8.08. The van der Waals surface area contributed by atoms with Gasteiger partial charge >= 0.3 is 5.97 Å². The molecule has 0 spiro atoms. The van der Waals surface area contributed by atoms with Crippen molar-refractivity contribution < 1.29 is 23.5 Å². The first-order chi connectivity index (χ1) is 14.5. The molecule has 0 aliphatic carbocycles. The highest BCUT2D eigenvalue weighted by molar-refractivity contribution is 6.11. The zero-order valence-corrected chi connectivity index (χ0v) is 16.0. The highest BCUT2D eigenvalue weighted by Gasteiger charge is 2.24. The molecule has 0 aliphatic heterocycles. The number of carbonyl (C=O) groups excluding carboxylic acids is 3. The number of carbonyl (C=O) groups is 3. The highest BCUT2D eigenvalue weighted by Crippen LogP contribution is 2.22. The van der Waals surface area contributed by atoms with E-state index in [1.54, 1.807) is 30.5 Å². The van der Waals surface area contributed by atoms with Crippen LogP contribution in [0.2, 0.25) is 0 Å². The van der Waals surface area contributed by atoms with Crippen molar-refractivity contribution in [2.24, 2.45) is 0 Å². The number of hydrogen-bond acceptors (Lipinski definition) is 5. The number of Topliss-reactive ketones (excluding diaryl/α,β-unsaturated/α-hetero) is 1. The van der Waals surface area contributed by atoms with Crippen LogP contribution in [0.5, 0.6) is 0 Å². The number of aromatic amines is 1. The fraction of sp³-hybridized carbons (Fsp3) is 0.0870. The molecule has 2 aromatic carbocycles. The van der Waals surface area contributed by atoms with Gasteiger partial charge in [-0.05, 0) is 37.3 Å². The second-order valence-corrected chi connectivity index (χ2v) is 6.64. The Morgan fingerprint density at radius 1 is 0.967 bits per heavy atom. The molecular weight excluding hydrogens is 384 g/mol. The Morgan fingerprint density at radius 2 is 1.73 bits per heavy atom. The summed E-state index contributed by atoms with van der Waals surface area (Å²) in [7, 11) is 0. The molecule has 0 unspecified atom stereocenters. The van der Waals surface area contributed by atoms with E-state index in [4.69, 9.17) is 9.15 Å². The standard InChI is InChI=1S/C23H18N2O5/c1-14(21(26)17-13-24-18-9-4-2-7-15(17)18)30-23(28)16-8-3-5-10-19(16)25-22(27)20-11-6-12-29-20/h2-14,24H,1H3,(H,25,27)/t14-/m0/s1. The number of aromatic nitrogens is 1. The number of hydrogen-bond donors (Lipinski definition) is 2. The molecule has 4 rings (SSSR count). The average molecular weight is 402 g/mol.